The number of methoxy groups -OCH3 is 1. The summed E-state index contributed by atoms with van der Waals surface area (Å²) in [5.74, 6) is 0.864. The van der Waals surface area contributed by atoms with Crippen LogP contribution in [-0.2, 0) is 6.42 Å². The Labute approximate surface area is 85.5 Å². The van der Waals surface area contributed by atoms with Gasteiger partial charge in [0.25, 0.3) is 0 Å². The molecule has 1 rings (SSSR count). The van der Waals surface area contributed by atoms with Gasteiger partial charge in [0.2, 0.25) is 0 Å². The van der Waals surface area contributed by atoms with Crippen LogP contribution in [0.4, 0.5) is 0 Å². The van der Waals surface area contributed by atoms with E-state index in [0.717, 1.165) is 24.2 Å². The van der Waals surface area contributed by atoms with E-state index in [4.69, 9.17) is 4.74 Å². The van der Waals surface area contributed by atoms with Crippen LogP contribution >= 0.6 is 0 Å². The summed E-state index contributed by atoms with van der Waals surface area (Å²) in [7, 11) is 1.66. The summed E-state index contributed by atoms with van der Waals surface area (Å²) in [6, 6.07) is 7.83. The second-order valence-corrected chi connectivity index (χ2v) is 3.46. The summed E-state index contributed by atoms with van der Waals surface area (Å²) in [6.07, 6.45) is 2.28. The van der Waals surface area contributed by atoms with Crippen molar-refractivity contribution in [2.75, 3.05) is 7.11 Å². The summed E-state index contributed by atoms with van der Waals surface area (Å²) < 4.78 is 5.21. The quantitative estimate of drug-likeness (QED) is 0.780. The molecular weight excluding hydrogens is 176 g/mol. The molecule has 1 unspecified atom stereocenters. The van der Waals surface area contributed by atoms with Crippen LogP contribution in [0.3, 0.4) is 0 Å². The molecule has 1 atom stereocenters. The van der Waals surface area contributed by atoms with Crippen LogP contribution < -0.4 is 4.74 Å². The molecule has 0 fully saturated rings. The van der Waals surface area contributed by atoms with E-state index in [2.05, 4.69) is 6.92 Å². The number of hydrogen-bond donors (Lipinski definition) is 1. The predicted octanol–water partition coefficient (Wildman–Crippen LogP) is 2.40. The number of ether oxygens (including phenoxy) is 1. The number of para-hydroxylation sites is 1. The largest absolute Gasteiger partial charge is 0.496 e. The molecule has 0 saturated carbocycles. The van der Waals surface area contributed by atoms with Crippen molar-refractivity contribution in [3.05, 3.63) is 29.8 Å². The highest BCUT2D eigenvalue weighted by atomic mass is 16.5. The highest BCUT2D eigenvalue weighted by Gasteiger charge is 2.07. The van der Waals surface area contributed by atoms with Crippen LogP contribution in [0.25, 0.3) is 0 Å². The zero-order valence-corrected chi connectivity index (χ0v) is 8.86. The molecule has 78 valence electrons. The molecule has 0 aliphatic heterocycles. The topological polar surface area (TPSA) is 29.5 Å². The Morgan fingerprint density at radius 3 is 2.71 bits per heavy atom. The fourth-order valence-corrected chi connectivity index (χ4v) is 1.56. The number of hydrogen-bond acceptors (Lipinski definition) is 2. The van der Waals surface area contributed by atoms with Gasteiger partial charge in [-0.05, 0) is 18.1 Å². The van der Waals surface area contributed by atoms with Gasteiger partial charge in [-0.3, -0.25) is 0 Å². The zero-order valence-electron chi connectivity index (χ0n) is 8.86. The van der Waals surface area contributed by atoms with E-state index in [1.807, 2.05) is 24.3 Å². The minimum absolute atomic E-state index is 0.253. The lowest BCUT2D eigenvalue weighted by Crippen LogP contribution is -2.10. The first-order valence-corrected chi connectivity index (χ1v) is 5.08. The van der Waals surface area contributed by atoms with Crippen LogP contribution in [0.1, 0.15) is 25.3 Å². The van der Waals surface area contributed by atoms with Crippen molar-refractivity contribution in [1.82, 2.24) is 0 Å². The van der Waals surface area contributed by atoms with Gasteiger partial charge in [0.15, 0.2) is 0 Å². The molecule has 2 heteroatoms. The smallest absolute Gasteiger partial charge is 0.122 e. The lowest BCUT2D eigenvalue weighted by atomic mass is 10.0. The second-order valence-electron chi connectivity index (χ2n) is 3.46. The molecule has 0 aliphatic carbocycles. The summed E-state index contributed by atoms with van der Waals surface area (Å²) in [5.41, 5.74) is 1.08. The molecule has 0 saturated heterocycles. The second kappa shape index (κ2) is 5.66. The van der Waals surface area contributed by atoms with Gasteiger partial charge in [-0.1, -0.05) is 31.5 Å². The van der Waals surface area contributed by atoms with Gasteiger partial charge in [-0.25, -0.2) is 0 Å². The summed E-state index contributed by atoms with van der Waals surface area (Å²) in [4.78, 5) is 0. The predicted molar refractivity (Wildman–Crippen MR) is 57.6 cm³/mol. The number of benzene rings is 1. The molecule has 0 aromatic heterocycles. The molecule has 2 nitrogen and oxygen atoms in total. The van der Waals surface area contributed by atoms with Gasteiger partial charge in [-0.15, -0.1) is 0 Å². The van der Waals surface area contributed by atoms with Crippen LogP contribution in [-0.4, -0.2) is 18.3 Å². The Kier molecular flexibility index (Phi) is 4.47. The summed E-state index contributed by atoms with van der Waals surface area (Å²) in [5, 5.41) is 9.67. The Hall–Kier alpha value is -1.02. The third-order valence-electron chi connectivity index (χ3n) is 2.27. The molecule has 0 amide bonds. The molecule has 1 aromatic rings. The van der Waals surface area contributed by atoms with E-state index in [1.165, 1.54) is 0 Å². The van der Waals surface area contributed by atoms with Gasteiger partial charge in [0.1, 0.15) is 5.75 Å². The number of aliphatic hydroxyl groups excluding tert-OH is 1. The van der Waals surface area contributed by atoms with Gasteiger partial charge in [0.05, 0.1) is 13.2 Å². The summed E-state index contributed by atoms with van der Waals surface area (Å²) in [6.45, 7) is 2.07. The third kappa shape index (κ3) is 3.04. The van der Waals surface area contributed by atoms with Crippen LogP contribution in [0.5, 0.6) is 5.75 Å². The molecule has 0 spiro atoms. The highest BCUT2D eigenvalue weighted by molar-refractivity contribution is 5.33. The van der Waals surface area contributed by atoms with Crippen molar-refractivity contribution in [3.8, 4) is 5.75 Å². The van der Waals surface area contributed by atoms with E-state index >= 15 is 0 Å². The number of rotatable bonds is 5. The maximum atomic E-state index is 9.67. The Morgan fingerprint density at radius 2 is 2.07 bits per heavy atom. The Bertz CT molecular complexity index is 271. The SMILES string of the molecule is CCCC(O)Cc1ccccc1OC. The Balaban J connectivity index is 2.65. The highest BCUT2D eigenvalue weighted by Crippen LogP contribution is 2.19. The zero-order chi connectivity index (χ0) is 10.4. The first-order chi connectivity index (χ1) is 6.77. The molecule has 0 aliphatic rings. The molecule has 0 heterocycles. The van der Waals surface area contributed by atoms with E-state index in [-0.39, 0.29) is 6.10 Å². The van der Waals surface area contributed by atoms with E-state index < -0.39 is 0 Å². The monoisotopic (exact) mass is 194 g/mol. The van der Waals surface area contributed by atoms with Crippen LogP contribution in [0.15, 0.2) is 24.3 Å². The maximum Gasteiger partial charge on any atom is 0.122 e. The minimum Gasteiger partial charge on any atom is -0.496 e. The van der Waals surface area contributed by atoms with Crippen molar-refractivity contribution in [2.45, 2.75) is 32.3 Å². The number of aliphatic hydroxyl groups is 1. The fraction of sp³-hybridized carbons (Fsp3) is 0.500. The first kappa shape index (κ1) is 11.1. The third-order valence-corrected chi connectivity index (χ3v) is 2.27. The van der Waals surface area contributed by atoms with E-state index in [9.17, 15) is 5.11 Å². The summed E-state index contributed by atoms with van der Waals surface area (Å²) >= 11 is 0. The average Bonchev–Trinajstić information content (AvgIpc) is 2.19. The lowest BCUT2D eigenvalue weighted by molar-refractivity contribution is 0.163. The van der Waals surface area contributed by atoms with Gasteiger partial charge in [-0.2, -0.15) is 0 Å². The standard InChI is InChI=1S/C12H18O2/c1-3-6-11(13)9-10-7-4-5-8-12(10)14-2/h4-5,7-8,11,13H,3,6,9H2,1-2H3. The van der Waals surface area contributed by atoms with Gasteiger partial charge in [0, 0.05) is 6.42 Å². The van der Waals surface area contributed by atoms with Gasteiger partial charge >= 0.3 is 0 Å². The Morgan fingerprint density at radius 1 is 1.36 bits per heavy atom. The van der Waals surface area contributed by atoms with Crippen molar-refractivity contribution < 1.29 is 9.84 Å². The minimum atomic E-state index is -0.253. The maximum absolute atomic E-state index is 9.67. The molecule has 0 bridgehead atoms. The normalized spacial score (nSPS) is 12.5. The molecule has 1 aromatic carbocycles. The molecule has 1 N–H and O–H groups in total. The fourth-order valence-electron chi connectivity index (χ4n) is 1.56. The van der Waals surface area contributed by atoms with Crippen molar-refractivity contribution in [2.24, 2.45) is 0 Å². The van der Waals surface area contributed by atoms with Crippen LogP contribution in [0, 0.1) is 0 Å². The van der Waals surface area contributed by atoms with Crippen LogP contribution in [0.2, 0.25) is 0 Å². The first-order valence-electron chi connectivity index (χ1n) is 5.08. The van der Waals surface area contributed by atoms with E-state index in [0.29, 0.717) is 6.42 Å². The average molecular weight is 194 g/mol. The van der Waals surface area contributed by atoms with Crippen molar-refractivity contribution in [3.63, 3.8) is 0 Å². The molecular formula is C12H18O2. The van der Waals surface area contributed by atoms with E-state index in [1.54, 1.807) is 7.11 Å². The lowest BCUT2D eigenvalue weighted by Gasteiger charge is -2.12. The molecule has 0 radical (unpaired) electrons. The molecule has 14 heavy (non-hydrogen) atoms. The van der Waals surface area contributed by atoms with Crippen molar-refractivity contribution >= 4 is 0 Å². The van der Waals surface area contributed by atoms with Crippen molar-refractivity contribution in [1.29, 1.82) is 0 Å². The van der Waals surface area contributed by atoms with Gasteiger partial charge < -0.3 is 9.84 Å².